The van der Waals surface area contributed by atoms with Gasteiger partial charge in [0.1, 0.15) is 5.69 Å². The van der Waals surface area contributed by atoms with E-state index >= 15 is 4.39 Å². The second-order valence-electron chi connectivity index (χ2n) is 10.7. The Bertz CT molecular complexity index is 1310. The smallest absolute Gasteiger partial charge is 0.597 e. The Morgan fingerprint density at radius 3 is 2.48 bits per heavy atom. The van der Waals surface area contributed by atoms with Gasteiger partial charge in [0.15, 0.2) is 11.6 Å². The van der Waals surface area contributed by atoms with E-state index < -0.39 is 36.8 Å². The van der Waals surface area contributed by atoms with Crippen molar-refractivity contribution in [2.45, 2.75) is 57.7 Å². The lowest BCUT2D eigenvalue weighted by molar-refractivity contribution is -0.162. The molecule has 1 saturated carbocycles. The predicted molar refractivity (Wildman–Crippen MR) is 137 cm³/mol. The Morgan fingerprint density at radius 2 is 1.85 bits per heavy atom. The molecule has 0 N–H and O–H groups in total. The van der Waals surface area contributed by atoms with Crippen molar-refractivity contribution in [3.8, 4) is 5.75 Å². The summed E-state index contributed by atoms with van der Waals surface area (Å²) in [6.45, 7) is -0.0477. The summed E-state index contributed by atoms with van der Waals surface area (Å²) in [5.41, 5.74) is 0.988. The highest BCUT2D eigenvalue weighted by Gasteiger charge is 2.54. The van der Waals surface area contributed by atoms with E-state index in [9.17, 15) is 19.3 Å². The van der Waals surface area contributed by atoms with Crippen molar-refractivity contribution in [3.63, 3.8) is 0 Å². The van der Waals surface area contributed by atoms with Crippen LogP contribution in [0.5, 0.6) is 5.75 Å². The molecule has 4 fully saturated rings. The first-order valence-electron chi connectivity index (χ1n) is 13.3. The lowest BCUT2D eigenvalue weighted by Gasteiger charge is -2.48. The van der Waals surface area contributed by atoms with Gasteiger partial charge in [-0.1, -0.05) is 0 Å². The van der Waals surface area contributed by atoms with Gasteiger partial charge >= 0.3 is 6.96 Å². The first-order valence-corrected chi connectivity index (χ1v) is 13.3. The Morgan fingerprint density at radius 1 is 1.12 bits per heavy atom. The number of halogens is 1. The maximum Gasteiger partial charge on any atom is 0.720 e. The van der Waals surface area contributed by atoms with Crippen LogP contribution in [0.25, 0.3) is 0 Å². The summed E-state index contributed by atoms with van der Waals surface area (Å²) in [4.78, 5) is 52.1. The van der Waals surface area contributed by atoms with E-state index in [0.29, 0.717) is 25.3 Å². The number of hydrogen-bond donors (Lipinski definition) is 0. The molecule has 15 heteroatoms. The molecule has 0 bridgehead atoms. The third kappa shape index (κ3) is 4.32. The first-order chi connectivity index (χ1) is 19.1. The molecule has 4 aliphatic heterocycles. The predicted octanol–water partition coefficient (Wildman–Crippen LogP) is 2.46. The van der Waals surface area contributed by atoms with Crippen molar-refractivity contribution in [1.29, 1.82) is 0 Å². The summed E-state index contributed by atoms with van der Waals surface area (Å²) < 4.78 is 43.3. The molecule has 0 spiro atoms. The quantitative estimate of drug-likeness (QED) is 0.374. The maximum absolute atomic E-state index is 16.2. The first kappa shape index (κ1) is 26.4. The minimum atomic E-state index is -3.61. The Labute approximate surface area is 229 Å². The lowest BCUT2D eigenvalue weighted by atomic mass is 9.89. The average Bonchev–Trinajstić information content (AvgIpc) is 3.64. The van der Waals surface area contributed by atoms with E-state index in [1.807, 2.05) is 9.80 Å². The molecule has 0 aromatic heterocycles. The van der Waals surface area contributed by atoms with Gasteiger partial charge in [-0.2, -0.15) is 0 Å². The lowest BCUT2D eigenvalue weighted by Crippen LogP contribution is -2.57. The van der Waals surface area contributed by atoms with Crippen LogP contribution in [0.1, 0.15) is 51.2 Å². The van der Waals surface area contributed by atoms with E-state index in [1.54, 1.807) is 6.20 Å². The highest BCUT2D eigenvalue weighted by atomic mass is 19.1. The number of ether oxygens (including phenoxy) is 1. The van der Waals surface area contributed by atoms with E-state index in [4.69, 9.17) is 23.4 Å². The van der Waals surface area contributed by atoms with Gasteiger partial charge in [-0.25, -0.2) is 4.39 Å². The number of carbonyl (C=O) groups is 3. The van der Waals surface area contributed by atoms with Gasteiger partial charge < -0.3 is 33.2 Å². The average molecular weight is 559 g/mol. The van der Waals surface area contributed by atoms with Gasteiger partial charge in [0.2, 0.25) is 0 Å². The number of benzene rings is 1. The minimum Gasteiger partial charge on any atom is -0.597 e. The third-order valence-corrected chi connectivity index (χ3v) is 8.04. The van der Waals surface area contributed by atoms with Crippen LogP contribution in [0.2, 0.25) is 0 Å². The second kappa shape index (κ2) is 9.64. The van der Waals surface area contributed by atoms with E-state index in [2.05, 4.69) is 5.29 Å². The molecular formula is C25H29BFN4O9-. The molecular weight excluding hydrogens is 530 g/mol. The zero-order valence-electron chi connectivity index (χ0n) is 22.3. The molecule has 3 saturated heterocycles. The van der Waals surface area contributed by atoms with Crippen molar-refractivity contribution < 1.29 is 42.1 Å². The Balaban J connectivity index is 1.45. The summed E-state index contributed by atoms with van der Waals surface area (Å²) in [5.74, 6) is -3.00. The highest BCUT2D eigenvalue weighted by molar-refractivity contribution is 6.60. The van der Waals surface area contributed by atoms with Gasteiger partial charge in [-0.15, -0.1) is 4.91 Å². The Hall–Kier alpha value is -3.88. The fourth-order valence-corrected chi connectivity index (χ4v) is 6.34. The van der Waals surface area contributed by atoms with Crippen LogP contribution in [0.15, 0.2) is 23.1 Å². The van der Waals surface area contributed by atoms with E-state index in [-0.39, 0.29) is 40.6 Å². The Kier molecular flexibility index (Phi) is 6.35. The summed E-state index contributed by atoms with van der Waals surface area (Å²) in [6, 6.07) is 1.16. The van der Waals surface area contributed by atoms with Crippen LogP contribution in [-0.4, -0.2) is 68.7 Å². The maximum atomic E-state index is 16.2. The second-order valence-corrected chi connectivity index (χ2v) is 10.7. The molecule has 6 rings (SSSR count). The fraction of sp³-hybridized carbons (Fsp3) is 0.560. The van der Waals surface area contributed by atoms with Crippen LogP contribution in [0.4, 0.5) is 15.8 Å². The molecule has 13 nitrogen and oxygen atoms in total. The zero-order chi connectivity index (χ0) is 28.3. The summed E-state index contributed by atoms with van der Waals surface area (Å²) >= 11 is 0. The van der Waals surface area contributed by atoms with Gasteiger partial charge in [-0.05, 0) is 31.7 Å². The molecule has 4 heterocycles. The number of nitrogens with zero attached hydrogens (tertiary/aromatic N) is 4. The molecule has 0 radical (unpaired) electrons. The SMILES string of the molecule is COc1c(N2C[C@@H]3CCCN(N=O)[C@@H]3C2)c(F)cc2c1N(C1CC1)C=C1C(=O)O[B-](OC(C)=O)(OC(C)=O)OC12. The molecule has 0 amide bonds. The van der Waals surface area contributed by atoms with Gasteiger partial charge in [-0.3, -0.25) is 19.4 Å². The molecule has 1 aromatic rings. The number of methoxy groups -OCH3 is 1. The van der Waals surface area contributed by atoms with Crippen LogP contribution in [0, 0.1) is 16.6 Å². The number of nitroso groups, excluding NO2 is 1. The molecule has 1 aromatic carbocycles. The molecule has 214 valence electrons. The number of piperidine rings is 1. The number of anilines is 2. The monoisotopic (exact) mass is 559 g/mol. The van der Waals surface area contributed by atoms with Crippen LogP contribution in [-0.2, 0) is 33.0 Å². The topological polar surface area (TPSA) is 137 Å². The molecule has 3 atom stereocenters. The largest absolute Gasteiger partial charge is 0.720 e. The highest BCUT2D eigenvalue weighted by Crippen LogP contribution is 2.54. The normalized spacial score (nSPS) is 26.6. The van der Waals surface area contributed by atoms with E-state index in [1.165, 1.54) is 18.2 Å². The number of rotatable bonds is 6. The standard InChI is InChI=1S/C25H29BFN4O9/c1-13(32)37-26(38-14(2)33)39-23-17-9-19(27)22(29-10-15-5-4-8-31(28-35)20(15)12-29)24(36-3)21(17)30(16-6-7-16)11-18(23)25(34)40-26/h9,11,15-16,20,23H,4-8,10,12H2,1-3H3/q-1/t15-,20+,23?/m0/s1. The van der Waals surface area contributed by atoms with Crippen molar-refractivity contribution >= 4 is 36.2 Å². The molecule has 1 unspecified atom stereocenters. The van der Waals surface area contributed by atoms with Gasteiger partial charge in [0.25, 0.3) is 17.9 Å². The van der Waals surface area contributed by atoms with E-state index in [0.717, 1.165) is 39.5 Å². The number of fused-ring (bicyclic) bond motifs is 4. The van der Waals surface area contributed by atoms with Crippen LogP contribution >= 0.6 is 0 Å². The number of hydrogen-bond acceptors (Lipinski definition) is 12. The van der Waals surface area contributed by atoms with Gasteiger partial charge in [0.05, 0.1) is 35.8 Å². The van der Waals surface area contributed by atoms with Crippen LogP contribution in [0.3, 0.4) is 0 Å². The van der Waals surface area contributed by atoms with Crippen molar-refractivity contribution in [1.82, 2.24) is 5.01 Å². The van der Waals surface area contributed by atoms with Crippen LogP contribution < -0.4 is 14.5 Å². The summed E-state index contributed by atoms with van der Waals surface area (Å²) in [6.07, 6.45) is 3.69. The molecule has 5 aliphatic rings. The molecule has 1 aliphatic carbocycles. The van der Waals surface area contributed by atoms with Gasteiger partial charge in [0, 0.05) is 57.2 Å². The summed E-state index contributed by atoms with van der Waals surface area (Å²) in [5, 5.41) is 4.73. The van der Waals surface area contributed by atoms with Crippen molar-refractivity contribution in [2.24, 2.45) is 11.2 Å². The minimum absolute atomic E-state index is 0.0299. The number of carbonyl (C=O) groups excluding carboxylic acids is 3. The molecule has 40 heavy (non-hydrogen) atoms. The zero-order valence-corrected chi connectivity index (χ0v) is 22.3. The van der Waals surface area contributed by atoms with Crippen molar-refractivity contribution in [3.05, 3.63) is 34.1 Å². The third-order valence-electron chi connectivity index (χ3n) is 8.04. The van der Waals surface area contributed by atoms with Crippen molar-refractivity contribution in [2.75, 3.05) is 36.5 Å². The summed E-state index contributed by atoms with van der Waals surface area (Å²) in [7, 11) is 1.44. The fourth-order valence-electron chi connectivity index (χ4n) is 6.34.